The third-order valence-electron chi connectivity index (χ3n) is 4.67. The molecule has 2 aromatic carbocycles. The van der Waals surface area contributed by atoms with E-state index in [4.69, 9.17) is 4.52 Å². The molecule has 1 saturated heterocycles. The molecule has 26 heavy (non-hydrogen) atoms. The van der Waals surface area contributed by atoms with Gasteiger partial charge in [-0.2, -0.15) is 4.98 Å². The first-order valence-corrected chi connectivity index (χ1v) is 8.80. The summed E-state index contributed by atoms with van der Waals surface area (Å²) < 4.78 is 19.3. The lowest BCUT2D eigenvalue weighted by Crippen LogP contribution is -2.46. The summed E-state index contributed by atoms with van der Waals surface area (Å²) in [7, 11) is 0. The molecule has 0 amide bonds. The van der Waals surface area contributed by atoms with E-state index >= 15 is 0 Å². The van der Waals surface area contributed by atoms with E-state index in [-0.39, 0.29) is 5.82 Å². The third-order valence-corrected chi connectivity index (χ3v) is 4.67. The number of benzene rings is 2. The second-order valence-corrected chi connectivity index (χ2v) is 6.60. The first kappa shape index (κ1) is 16.7. The molecule has 5 nitrogen and oxygen atoms in total. The van der Waals surface area contributed by atoms with Crippen LogP contribution in [-0.2, 0) is 6.54 Å². The Morgan fingerprint density at radius 1 is 1.04 bits per heavy atom. The number of nitrogens with zero attached hydrogens (tertiary/aromatic N) is 4. The predicted molar refractivity (Wildman–Crippen MR) is 98.4 cm³/mol. The lowest BCUT2D eigenvalue weighted by molar-refractivity contribution is 0.215. The van der Waals surface area contributed by atoms with Gasteiger partial charge in [0.2, 0.25) is 11.7 Å². The summed E-state index contributed by atoms with van der Waals surface area (Å²) in [5, 5.41) is 4.09. The van der Waals surface area contributed by atoms with Gasteiger partial charge in [-0.05, 0) is 25.1 Å². The molecule has 0 saturated carbocycles. The minimum absolute atomic E-state index is 0.166. The molecule has 0 bridgehead atoms. The van der Waals surface area contributed by atoms with Crippen LogP contribution in [0.5, 0.6) is 0 Å². The normalized spacial score (nSPS) is 15.4. The molecule has 4 rings (SSSR count). The number of anilines is 1. The van der Waals surface area contributed by atoms with Crippen molar-refractivity contribution in [3.63, 3.8) is 0 Å². The van der Waals surface area contributed by atoms with Gasteiger partial charge in [0.05, 0.1) is 12.2 Å². The van der Waals surface area contributed by atoms with Gasteiger partial charge in [-0.1, -0.05) is 41.1 Å². The second-order valence-electron chi connectivity index (χ2n) is 6.60. The van der Waals surface area contributed by atoms with E-state index in [9.17, 15) is 4.39 Å². The van der Waals surface area contributed by atoms with Crippen LogP contribution in [0.25, 0.3) is 11.4 Å². The van der Waals surface area contributed by atoms with Gasteiger partial charge < -0.3 is 9.42 Å². The number of piperazine rings is 1. The fraction of sp³-hybridized carbons (Fsp3) is 0.300. The van der Waals surface area contributed by atoms with Crippen LogP contribution in [0.1, 0.15) is 11.5 Å². The van der Waals surface area contributed by atoms with E-state index in [0.717, 1.165) is 37.3 Å². The Morgan fingerprint density at radius 2 is 1.85 bits per heavy atom. The van der Waals surface area contributed by atoms with Gasteiger partial charge >= 0.3 is 0 Å². The third kappa shape index (κ3) is 3.60. The first-order chi connectivity index (χ1) is 12.7. The maximum absolute atomic E-state index is 13.9. The fourth-order valence-electron chi connectivity index (χ4n) is 3.27. The lowest BCUT2D eigenvalue weighted by Gasteiger charge is -2.35. The Kier molecular flexibility index (Phi) is 4.67. The van der Waals surface area contributed by atoms with E-state index in [1.54, 1.807) is 6.07 Å². The molecule has 6 heteroatoms. The average Bonchev–Trinajstić information content (AvgIpc) is 3.12. The van der Waals surface area contributed by atoms with E-state index in [2.05, 4.69) is 19.9 Å². The molecule has 0 aliphatic carbocycles. The molecule has 0 N–H and O–H groups in total. The maximum Gasteiger partial charge on any atom is 0.241 e. The molecule has 0 atom stereocenters. The number of rotatable bonds is 4. The molecule has 1 fully saturated rings. The number of aryl methyl sites for hydroxylation is 1. The molecular formula is C20H21FN4O. The van der Waals surface area contributed by atoms with Gasteiger partial charge in [0, 0.05) is 31.7 Å². The first-order valence-electron chi connectivity index (χ1n) is 8.80. The van der Waals surface area contributed by atoms with Gasteiger partial charge in [0.1, 0.15) is 5.82 Å². The van der Waals surface area contributed by atoms with Crippen molar-refractivity contribution < 1.29 is 8.91 Å². The molecular weight excluding hydrogens is 331 g/mol. The van der Waals surface area contributed by atoms with Gasteiger partial charge in [0.25, 0.3) is 0 Å². The number of hydrogen-bond donors (Lipinski definition) is 0. The molecule has 0 spiro atoms. The molecule has 1 aliphatic heterocycles. The van der Waals surface area contributed by atoms with Gasteiger partial charge in [-0.15, -0.1) is 0 Å². The van der Waals surface area contributed by atoms with Crippen molar-refractivity contribution in [3.8, 4) is 11.4 Å². The molecule has 3 aromatic rings. The summed E-state index contributed by atoms with van der Waals surface area (Å²) >= 11 is 0. The zero-order valence-electron chi connectivity index (χ0n) is 14.7. The van der Waals surface area contributed by atoms with Crippen LogP contribution < -0.4 is 4.90 Å². The molecule has 0 unspecified atom stereocenters. The predicted octanol–water partition coefficient (Wildman–Crippen LogP) is 3.51. The molecule has 0 radical (unpaired) electrons. The summed E-state index contributed by atoms with van der Waals surface area (Å²) in [5.41, 5.74) is 2.80. The van der Waals surface area contributed by atoms with Gasteiger partial charge in [-0.3, -0.25) is 4.90 Å². The summed E-state index contributed by atoms with van der Waals surface area (Å²) in [5.74, 6) is 1.06. The monoisotopic (exact) mass is 352 g/mol. The Labute approximate surface area is 152 Å². The highest BCUT2D eigenvalue weighted by Gasteiger charge is 2.21. The number of hydrogen-bond acceptors (Lipinski definition) is 5. The van der Waals surface area contributed by atoms with Crippen LogP contribution in [0.4, 0.5) is 10.1 Å². The number of halogens is 1. The topological polar surface area (TPSA) is 45.4 Å². The van der Waals surface area contributed by atoms with Crippen LogP contribution in [0.15, 0.2) is 53.1 Å². The molecule has 1 aliphatic rings. The Bertz CT molecular complexity index is 887. The van der Waals surface area contributed by atoms with Crippen molar-refractivity contribution in [2.24, 2.45) is 0 Å². The molecule has 134 valence electrons. The standard InChI is InChI=1S/C20H21FN4O/c1-15-5-4-6-16(13-15)20-22-19(26-23-20)14-24-9-11-25(12-10-24)18-8-3-2-7-17(18)21/h2-8,13H,9-12,14H2,1H3. The van der Waals surface area contributed by atoms with Crippen LogP contribution in [0, 0.1) is 12.7 Å². The van der Waals surface area contributed by atoms with Crippen molar-refractivity contribution in [2.45, 2.75) is 13.5 Å². The molecule has 2 heterocycles. The van der Waals surface area contributed by atoms with E-state index < -0.39 is 0 Å². The second kappa shape index (κ2) is 7.25. The highest BCUT2D eigenvalue weighted by Crippen LogP contribution is 2.21. The van der Waals surface area contributed by atoms with Crippen LogP contribution >= 0.6 is 0 Å². The van der Waals surface area contributed by atoms with Crippen molar-refractivity contribution in [2.75, 3.05) is 31.1 Å². The summed E-state index contributed by atoms with van der Waals surface area (Å²) in [4.78, 5) is 8.85. The zero-order chi connectivity index (χ0) is 17.9. The summed E-state index contributed by atoms with van der Waals surface area (Å²) in [6.45, 7) is 5.87. The largest absolute Gasteiger partial charge is 0.367 e. The number of para-hydroxylation sites is 1. The Hall–Kier alpha value is -2.73. The van der Waals surface area contributed by atoms with Gasteiger partial charge in [-0.25, -0.2) is 4.39 Å². The average molecular weight is 352 g/mol. The number of aromatic nitrogens is 2. The quantitative estimate of drug-likeness (QED) is 0.719. The fourth-order valence-corrected chi connectivity index (χ4v) is 3.27. The van der Waals surface area contributed by atoms with E-state index in [1.165, 1.54) is 6.07 Å². The van der Waals surface area contributed by atoms with Crippen molar-refractivity contribution in [1.29, 1.82) is 0 Å². The van der Waals surface area contributed by atoms with E-state index in [0.29, 0.717) is 23.9 Å². The highest BCUT2D eigenvalue weighted by molar-refractivity contribution is 5.55. The van der Waals surface area contributed by atoms with E-state index in [1.807, 2.05) is 43.3 Å². The minimum atomic E-state index is -0.166. The van der Waals surface area contributed by atoms with Crippen LogP contribution in [0.2, 0.25) is 0 Å². The van der Waals surface area contributed by atoms with Crippen molar-refractivity contribution in [1.82, 2.24) is 15.0 Å². The smallest absolute Gasteiger partial charge is 0.241 e. The molecule has 1 aromatic heterocycles. The lowest BCUT2D eigenvalue weighted by atomic mass is 10.1. The maximum atomic E-state index is 13.9. The Morgan fingerprint density at radius 3 is 2.62 bits per heavy atom. The summed E-state index contributed by atoms with van der Waals surface area (Å²) in [6.07, 6.45) is 0. The summed E-state index contributed by atoms with van der Waals surface area (Å²) in [6, 6.07) is 15.0. The van der Waals surface area contributed by atoms with Crippen molar-refractivity contribution in [3.05, 3.63) is 65.8 Å². The SMILES string of the molecule is Cc1cccc(-c2noc(CN3CCN(c4ccccc4F)CC3)n2)c1. The minimum Gasteiger partial charge on any atom is -0.367 e. The van der Waals surface area contributed by atoms with Crippen molar-refractivity contribution >= 4 is 5.69 Å². The highest BCUT2D eigenvalue weighted by atomic mass is 19.1. The zero-order valence-corrected chi connectivity index (χ0v) is 14.7. The Balaban J connectivity index is 1.37. The van der Waals surface area contributed by atoms with Crippen LogP contribution in [-0.4, -0.2) is 41.2 Å². The van der Waals surface area contributed by atoms with Gasteiger partial charge in [0.15, 0.2) is 0 Å². The van der Waals surface area contributed by atoms with Crippen LogP contribution in [0.3, 0.4) is 0 Å².